The highest BCUT2D eigenvalue weighted by Crippen LogP contribution is 2.25. The molecule has 2 rings (SSSR count). The van der Waals surface area contributed by atoms with Gasteiger partial charge in [-0.3, -0.25) is 9.10 Å². The Labute approximate surface area is 158 Å². The van der Waals surface area contributed by atoms with Crippen LogP contribution in [0.25, 0.3) is 0 Å². The van der Waals surface area contributed by atoms with Crippen LogP contribution in [0.15, 0.2) is 48.5 Å². The first-order chi connectivity index (χ1) is 12.8. The number of hydrogen-bond acceptors (Lipinski definition) is 3. The summed E-state index contributed by atoms with van der Waals surface area (Å²) in [6, 6.07) is 12.9. The third kappa shape index (κ3) is 6.32. The number of hydrogen-bond donors (Lipinski definition) is 1. The van der Waals surface area contributed by atoms with E-state index in [-0.39, 0.29) is 18.9 Å². The van der Waals surface area contributed by atoms with Crippen molar-refractivity contribution in [2.24, 2.45) is 0 Å². The highest BCUT2D eigenvalue weighted by molar-refractivity contribution is 7.92. The van der Waals surface area contributed by atoms with Gasteiger partial charge in [-0.1, -0.05) is 36.4 Å². The standard InChI is InChI=1S/C19H22F2N2O3S/c1-27(25,26)23(19-16(20)10-5-11-17(19)21)14-12-18(24)22-13-6-9-15-7-3-2-4-8-15/h2-5,7-8,10-11H,6,9,12-14H2,1H3,(H,22,24). The van der Waals surface area contributed by atoms with Gasteiger partial charge < -0.3 is 5.32 Å². The number of nitrogens with zero attached hydrogens (tertiary/aromatic N) is 1. The van der Waals surface area contributed by atoms with Crippen LogP contribution in [-0.2, 0) is 21.2 Å². The number of para-hydroxylation sites is 1. The molecular weight excluding hydrogens is 374 g/mol. The molecule has 1 amide bonds. The van der Waals surface area contributed by atoms with Crippen LogP contribution in [0.4, 0.5) is 14.5 Å². The predicted octanol–water partition coefficient (Wildman–Crippen LogP) is 2.87. The second-order valence-corrected chi connectivity index (χ2v) is 8.00. The Morgan fingerprint density at radius 2 is 1.67 bits per heavy atom. The van der Waals surface area contributed by atoms with Gasteiger partial charge in [0.15, 0.2) is 11.6 Å². The average Bonchev–Trinajstić information content (AvgIpc) is 2.61. The van der Waals surface area contributed by atoms with Gasteiger partial charge in [-0.05, 0) is 30.5 Å². The van der Waals surface area contributed by atoms with Gasteiger partial charge in [0.1, 0.15) is 5.69 Å². The van der Waals surface area contributed by atoms with E-state index in [9.17, 15) is 22.0 Å². The van der Waals surface area contributed by atoms with Gasteiger partial charge in [0.05, 0.1) is 6.26 Å². The maximum Gasteiger partial charge on any atom is 0.232 e. The SMILES string of the molecule is CS(=O)(=O)N(CCC(=O)NCCCc1ccccc1)c1c(F)cccc1F. The van der Waals surface area contributed by atoms with Gasteiger partial charge in [-0.2, -0.15) is 0 Å². The number of rotatable bonds is 9. The lowest BCUT2D eigenvalue weighted by atomic mass is 10.1. The van der Waals surface area contributed by atoms with Crippen molar-refractivity contribution < 1.29 is 22.0 Å². The minimum atomic E-state index is -3.95. The molecule has 0 aromatic heterocycles. The Bertz CT molecular complexity index is 854. The number of carbonyl (C=O) groups excluding carboxylic acids is 1. The molecule has 0 fully saturated rings. The summed E-state index contributed by atoms with van der Waals surface area (Å²) in [4.78, 5) is 12.0. The van der Waals surface area contributed by atoms with E-state index in [0.29, 0.717) is 10.8 Å². The molecule has 0 atom stereocenters. The van der Waals surface area contributed by atoms with E-state index in [4.69, 9.17) is 0 Å². The fourth-order valence-corrected chi connectivity index (χ4v) is 3.56. The Morgan fingerprint density at radius 1 is 1.04 bits per heavy atom. The molecule has 0 unspecified atom stereocenters. The molecule has 0 radical (unpaired) electrons. The first-order valence-electron chi connectivity index (χ1n) is 8.51. The van der Waals surface area contributed by atoms with Gasteiger partial charge in [0, 0.05) is 19.5 Å². The van der Waals surface area contributed by atoms with E-state index in [2.05, 4.69) is 5.32 Å². The van der Waals surface area contributed by atoms with Crippen LogP contribution in [0.1, 0.15) is 18.4 Å². The summed E-state index contributed by atoms with van der Waals surface area (Å²) in [6.45, 7) is 0.0852. The third-order valence-corrected chi connectivity index (χ3v) is 5.10. The Balaban J connectivity index is 1.89. The number of amides is 1. The predicted molar refractivity (Wildman–Crippen MR) is 101 cm³/mol. The first-order valence-corrected chi connectivity index (χ1v) is 10.4. The quantitative estimate of drug-likeness (QED) is 0.663. The summed E-state index contributed by atoms with van der Waals surface area (Å²) in [5.41, 5.74) is 0.488. The molecule has 0 saturated carbocycles. The van der Waals surface area contributed by atoms with Crippen LogP contribution in [0.5, 0.6) is 0 Å². The molecule has 27 heavy (non-hydrogen) atoms. The lowest BCUT2D eigenvalue weighted by Gasteiger charge is -2.23. The minimum absolute atomic E-state index is 0.202. The average molecular weight is 396 g/mol. The van der Waals surface area contributed by atoms with Crippen molar-refractivity contribution in [2.45, 2.75) is 19.3 Å². The number of carbonyl (C=O) groups is 1. The van der Waals surface area contributed by atoms with E-state index < -0.39 is 27.3 Å². The van der Waals surface area contributed by atoms with Gasteiger partial charge in [-0.25, -0.2) is 17.2 Å². The van der Waals surface area contributed by atoms with Gasteiger partial charge in [0.25, 0.3) is 0 Å². The zero-order chi connectivity index (χ0) is 19.9. The molecule has 1 N–H and O–H groups in total. The topological polar surface area (TPSA) is 66.5 Å². The van der Waals surface area contributed by atoms with Crippen LogP contribution in [0, 0.1) is 11.6 Å². The highest BCUT2D eigenvalue weighted by Gasteiger charge is 2.24. The number of benzene rings is 2. The van der Waals surface area contributed by atoms with Crippen LogP contribution in [0.2, 0.25) is 0 Å². The van der Waals surface area contributed by atoms with E-state index in [1.54, 1.807) is 0 Å². The van der Waals surface area contributed by atoms with E-state index in [1.165, 1.54) is 0 Å². The van der Waals surface area contributed by atoms with Crippen molar-refractivity contribution in [3.05, 3.63) is 65.7 Å². The summed E-state index contributed by atoms with van der Waals surface area (Å²) in [5, 5.41) is 2.69. The zero-order valence-corrected chi connectivity index (χ0v) is 15.8. The molecule has 0 spiro atoms. The molecule has 0 heterocycles. The van der Waals surface area contributed by atoms with Gasteiger partial charge in [0.2, 0.25) is 15.9 Å². The van der Waals surface area contributed by atoms with Crippen LogP contribution >= 0.6 is 0 Å². The molecule has 0 aliphatic rings. The van der Waals surface area contributed by atoms with Crippen molar-refractivity contribution in [1.82, 2.24) is 5.32 Å². The second-order valence-electron chi connectivity index (χ2n) is 6.09. The van der Waals surface area contributed by atoms with Crippen LogP contribution in [-0.4, -0.2) is 33.7 Å². The van der Waals surface area contributed by atoms with E-state index in [0.717, 1.165) is 42.9 Å². The smallest absolute Gasteiger partial charge is 0.232 e. The number of sulfonamides is 1. The number of anilines is 1. The number of aryl methyl sites for hydroxylation is 1. The second kappa shape index (κ2) is 9.45. The monoisotopic (exact) mass is 396 g/mol. The van der Waals surface area contributed by atoms with Crippen molar-refractivity contribution in [3.8, 4) is 0 Å². The van der Waals surface area contributed by atoms with Gasteiger partial charge in [-0.15, -0.1) is 0 Å². The van der Waals surface area contributed by atoms with Crippen LogP contribution in [0.3, 0.4) is 0 Å². The molecule has 2 aromatic rings. The van der Waals surface area contributed by atoms with Crippen LogP contribution < -0.4 is 9.62 Å². The zero-order valence-electron chi connectivity index (χ0n) is 15.0. The van der Waals surface area contributed by atoms with Crippen molar-refractivity contribution >= 4 is 21.6 Å². The molecule has 2 aromatic carbocycles. The molecular formula is C19H22F2N2O3S. The lowest BCUT2D eigenvalue weighted by molar-refractivity contribution is -0.120. The largest absolute Gasteiger partial charge is 0.356 e. The number of halogens is 2. The molecule has 146 valence electrons. The molecule has 0 aliphatic carbocycles. The van der Waals surface area contributed by atoms with Gasteiger partial charge >= 0.3 is 0 Å². The number of nitrogens with one attached hydrogen (secondary N) is 1. The Kier molecular flexibility index (Phi) is 7.29. The fraction of sp³-hybridized carbons (Fsp3) is 0.316. The molecule has 8 heteroatoms. The Morgan fingerprint density at radius 3 is 2.26 bits per heavy atom. The Hall–Kier alpha value is -2.48. The summed E-state index contributed by atoms with van der Waals surface area (Å²) in [7, 11) is -3.95. The fourth-order valence-electron chi connectivity index (χ4n) is 2.63. The van der Waals surface area contributed by atoms with E-state index >= 15 is 0 Å². The molecule has 0 bridgehead atoms. The van der Waals surface area contributed by atoms with E-state index in [1.807, 2.05) is 30.3 Å². The molecule has 5 nitrogen and oxygen atoms in total. The summed E-state index contributed by atoms with van der Waals surface area (Å²) < 4.78 is 52.3. The summed E-state index contributed by atoms with van der Waals surface area (Å²) >= 11 is 0. The molecule has 0 aliphatic heterocycles. The summed E-state index contributed by atoms with van der Waals surface area (Å²) in [5.74, 6) is -2.37. The first kappa shape index (κ1) is 20.8. The normalized spacial score (nSPS) is 11.2. The summed E-state index contributed by atoms with van der Waals surface area (Å²) in [6.07, 6.45) is 2.17. The minimum Gasteiger partial charge on any atom is -0.356 e. The van der Waals surface area contributed by atoms with Crippen molar-refractivity contribution in [3.63, 3.8) is 0 Å². The molecule has 0 saturated heterocycles. The third-order valence-electron chi connectivity index (χ3n) is 3.94. The van der Waals surface area contributed by atoms with Crippen molar-refractivity contribution in [2.75, 3.05) is 23.7 Å². The highest BCUT2D eigenvalue weighted by atomic mass is 32.2. The van der Waals surface area contributed by atoms with Crippen molar-refractivity contribution in [1.29, 1.82) is 0 Å². The maximum absolute atomic E-state index is 13.9. The lowest BCUT2D eigenvalue weighted by Crippen LogP contribution is -2.36. The maximum atomic E-state index is 13.9.